The van der Waals surface area contributed by atoms with Gasteiger partial charge >= 0.3 is 0 Å². The lowest BCUT2D eigenvalue weighted by molar-refractivity contribution is -0.114. The third-order valence-electron chi connectivity index (χ3n) is 2.71. The minimum absolute atomic E-state index is 0.156. The van der Waals surface area contributed by atoms with Crippen LogP contribution >= 0.6 is 0 Å². The molecular formula is C15H17NO. The van der Waals surface area contributed by atoms with Crippen molar-refractivity contribution in [2.24, 2.45) is 5.92 Å². The van der Waals surface area contributed by atoms with Crippen LogP contribution in [0.2, 0.25) is 0 Å². The fraction of sp³-hybridized carbons (Fsp3) is 0.267. The van der Waals surface area contributed by atoms with Gasteiger partial charge in [0.15, 0.2) is 5.78 Å². The lowest BCUT2D eigenvalue weighted by atomic mass is 10.1. The zero-order valence-corrected chi connectivity index (χ0v) is 10.2. The van der Waals surface area contributed by atoms with Gasteiger partial charge < -0.3 is 4.98 Å². The molecule has 2 nitrogen and oxygen atoms in total. The summed E-state index contributed by atoms with van der Waals surface area (Å²) in [5.74, 6) is 0.574. The van der Waals surface area contributed by atoms with Gasteiger partial charge in [0.2, 0.25) is 0 Å². The predicted molar refractivity (Wildman–Crippen MR) is 71.0 cm³/mol. The quantitative estimate of drug-likeness (QED) is 0.797. The second-order valence-electron chi connectivity index (χ2n) is 4.61. The van der Waals surface area contributed by atoms with Gasteiger partial charge in [-0.05, 0) is 23.6 Å². The number of carbonyl (C=O) groups is 1. The van der Waals surface area contributed by atoms with Gasteiger partial charge in [0.05, 0.1) is 0 Å². The highest BCUT2D eigenvalue weighted by atomic mass is 16.1. The number of para-hydroxylation sites is 1. The van der Waals surface area contributed by atoms with E-state index in [-0.39, 0.29) is 5.78 Å². The summed E-state index contributed by atoms with van der Waals surface area (Å²) < 4.78 is 0. The number of ketones is 1. The van der Waals surface area contributed by atoms with Crippen molar-refractivity contribution in [1.29, 1.82) is 0 Å². The molecule has 0 aliphatic carbocycles. The topological polar surface area (TPSA) is 32.9 Å². The summed E-state index contributed by atoms with van der Waals surface area (Å²) in [6, 6.07) is 8.05. The Morgan fingerprint density at radius 1 is 1.35 bits per heavy atom. The SMILES string of the molecule is CC(C)/C=C/C(=O)Cc1c[nH]c2ccccc12. The molecule has 0 spiro atoms. The van der Waals surface area contributed by atoms with E-state index in [0.717, 1.165) is 16.5 Å². The van der Waals surface area contributed by atoms with E-state index in [1.807, 2.05) is 36.5 Å². The highest BCUT2D eigenvalue weighted by molar-refractivity contribution is 5.95. The summed E-state index contributed by atoms with van der Waals surface area (Å²) in [7, 11) is 0. The Labute approximate surface area is 101 Å². The lowest BCUT2D eigenvalue weighted by Gasteiger charge is -1.96. The summed E-state index contributed by atoms with van der Waals surface area (Å²) in [6.07, 6.45) is 6.02. The van der Waals surface area contributed by atoms with Gasteiger partial charge in [-0.15, -0.1) is 0 Å². The first-order chi connectivity index (χ1) is 8.16. The van der Waals surface area contributed by atoms with E-state index in [2.05, 4.69) is 18.8 Å². The Bertz CT molecular complexity index is 549. The van der Waals surface area contributed by atoms with Gasteiger partial charge in [0.25, 0.3) is 0 Å². The lowest BCUT2D eigenvalue weighted by Crippen LogP contribution is -1.98. The summed E-state index contributed by atoms with van der Waals surface area (Å²) in [5, 5.41) is 1.14. The Morgan fingerprint density at radius 2 is 2.12 bits per heavy atom. The van der Waals surface area contributed by atoms with E-state index in [1.165, 1.54) is 0 Å². The number of H-pyrrole nitrogens is 1. The van der Waals surface area contributed by atoms with Crippen LogP contribution in [0.1, 0.15) is 19.4 Å². The monoisotopic (exact) mass is 227 g/mol. The van der Waals surface area contributed by atoms with E-state index >= 15 is 0 Å². The molecule has 0 fully saturated rings. The van der Waals surface area contributed by atoms with Gasteiger partial charge in [0.1, 0.15) is 0 Å². The number of carbonyl (C=O) groups excluding carboxylic acids is 1. The molecule has 0 atom stereocenters. The molecule has 88 valence electrons. The molecule has 1 aromatic heterocycles. The molecule has 1 N–H and O–H groups in total. The van der Waals surface area contributed by atoms with Crippen molar-refractivity contribution >= 4 is 16.7 Å². The summed E-state index contributed by atoms with van der Waals surface area (Å²) in [5.41, 5.74) is 2.15. The zero-order valence-electron chi connectivity index (χ0n) is 10.2. The number of aromatic nitrogens is 1. The van der Waals surface area contributed by atoms with Crippen molar-refractivity contribution in [3.05, 3.63) is 48.2 Å². The van der Waals surface area contributed by atoms with Gasteiger partial charge in [0, 0.05) is 23.5 Å². The fourth-order valence-electron chi connectivity index (χ4n) is 1.82. The van der Waals surface area contributed by atoms with Gasteiger partial charge in [-0.3, -0.25) is 4.79 Å². The number of aromatic amines is 1. The Morgan fingerprint density at radius 3 is 2.88 bits per heavy atom. The molecule has 0 saturated carbocycles. The molecule has 0 bridgehead atoms. The molecule has 2 rings (SSSR count). The van der Waals surface area contributed by atoms with E-state index in [0.29, 0.717) is 12.3 Å². The second kappa shape index (κ2) is 5.00. The number of hydrogen-bond acceptors (Lipinski definition) is 1. The first-order valence-electron chi connectivity index (χ1n) is 5.93. The number of fused-ring (bicyclic) bond motifs is 1. The molecule has 2 heteroatoms. The van der Waals surface area contributed by atoms with E-state index < -0.39 is 0 Å². The summed E-state index contributed by atoms with van der Waals surface area (Å²) >= 11 is 0. The van der Waals surface area contributed by atoms with Crippen LogP contribution in [0.25, 0.3) is 10.9 Å². The maximum Gasteiger partial charge on any atom is 0.159 e. The van der Waals surface area contributed by atoms with Gasteiger partial charge in [-0.25, -0.2) is 0 Å². The molecule has 17 heavy (non-hydrogen) atoms. The van der Waals surface area contributed by atoms with E-state index in [4.69, 9.17) is 0 Å². The summed E-state index contributed by atoms with van der Waals surface area (Å²) in [6.45, 7) is 4.13. The Balaban J connectivity index is 2.16. The van der Waals surface area contributed by atoms with Crippen LogP contribution in [-0.4, -0.2) is 10.8 Å². The first-order valence-corrected chi connectivity index (χ1v) is 5.93. The smallest absolute Gasteiger partial charge is 0.159 e. The average molecular weight is 227 g/mol. The third kappa shape index (κ3) is 2.84. The zero-order chi connectivity index (χ0) is 12.3. The van der Waals surface area contributed by atoms with Crippen LogP contribution in [0.15, 0.2) is 42.6 Å². The molecule has 0 saturated heterocycles. The number of nitrogens with one attached hydrogen (secondary N) is 1. The van der Waals surface area contributed by atoms with Crippen molar-refractivity contribution in [2.75, 3.05) is 0 Å². The fourth-order valence-corrected chi connectivity index (χ4v) is 1.82. The second-order valence-corrected chi connectivity index (χ2v) is 4.61. The van der Waals surface area contributed by atoms with Crippen LogP contribution in [0.3, 0.4) is 0 Å². The molecule has 0 unspecified atom stereocenters. The first kappa shape index (κ1) is 11.6. The predicted octanol–water partition coefficient (Wildman–Crippen LogP) is 3.49. The number of hydrogen-bond donors (Lipinski definition) is 1. The van der Waals surface area contributed by atoms with Crippen LogP contribution in [-0.2, 0) is 11.2 Å². The largest absolute Gasteiger partial charge is 0.361 e. The highest BCUT2D eigenvalue weighted by Gasteiger charge is 2.06. The van der Waals surface area contributed by atoms with Gasteiger partial charge in [-0.1, -0.05) is 38.1 Å². The van der Waals surface area contributed by atoms with Crippen molar-refractivity contribution < 1.29 is 4.79 Å². The number of allylic oxidation sites excluding steroid dienone is 2. The average Bonchev–Trinajstić information content (AvgIpc) is 2.70. The van der Waals surface area contributed by atoms with Crippen molar-refractivity contribution in [3.63, 3.8) is 0 Å². The van der Waals surface area contributed by atoms with Crippen LogP contribution < -0.4 is 0 Å². The molecule has 0 amide bonds. The molecule has 0 aliphatic heterocycles. The van der Waals surface area contributed by atoms with E-state index in [1.54, 1.807) is 6.08 Å². The highest BCUT2D eigenvalue weighted by Crippen LogP contribution is 2.18. The van der Waals surface area contributed by atoms with Crippen LogP contribution in [0, 0.1) is 5.92 Å². The molecule has 2 aromatic rings. The Hall–Kier alpha value is -1.83. The third-order valence-corrected chi connectivity index (χ3v) is 2.71. The Kier molecular flexibility index (Phi) is 3.43. The number of benzene rings is 1. The van der Waals surface area contributed by atoms with Gasteiger partial charge in [-0.2, -0.15) is 0 Å². The molecule has 1 aromatic carbocycles. The standard InChI is InChI=1S/C15H17NO/c1-11(2)7-8-13(17)9-12-10-16-15-6-4-3-5-14(12)15/h3-8,10-11,16H,9H2,1-2H3/b8-7+. The minimum atomic E-state index is 0.156. The van der Waals surface area contributed by atoms with Crippen molar-refractivity contribution in [3.8, 4) is 0 Å². The maximum absolute atomic E-state index is 11.8. The maximum atomic E-state index is 11.8. The van der Waals surface area contributed by atoms with Crippen molar-refractivity contribution in [1.82, 2.24) is 4.98 Å². The molecule has 1 heterocycles. The molecular weight excluding hydrogens is 210 g/mol. The molecule has 0 radical (unpaired) electrons. The number of rotatable bonds is 4. The summed E-state index contributed by atoms with van der Waals surface area (Å²) in [4.78, 5) is 14.9. The normalized spacial score (nSPS) is 11.7. The van der Waals surface area contributed by atoms with E-state index in [9.17, 15) is 4.79 Å². The molecule has 0 aliphatic rings. The van der Waals surface area contributed by atoms with Crippen molar-refractivity contribution in [2.45, 2.75) is 20.3 Å². The van der Waals surface area contributed by atoms with Crippen LogP contribution in [0.5, 0.6) is 0 Å². The minimum Gasteiger partial charge on any atom is -0.361 e. The van der Waals surface area contributed by atoms with Crippen LogP contribution in [0.4, 0.5) is 0 Å².